The predicted octanol–water partition coefficient (Wildman–Crippen LogP) is 0.182. The standard InChI is InChI=1S/C9H20N2O/c10-5-3-7-11-6-2-1-4-9(11)8-12/h9,12H,1-8,10H2/t9-/m1/s1. The summed E-state index contributed by atoms with van der Waals surface area (Å²) >= 11 is 0. The third kappa shape index (κ3) is 2.73. The van der Waals surface area contributed by atoms with Gasteiger partial charge in [0.1, 0.15) is 0 Å². The average Bonchev–Trinajstić information content (AvgIpc) is 2.15. The largest absolute Gasteiger partial charge is 0.395 e. The first-order valence-corrected chi connectivity index (χ1v) is 4.93. The fraction of sp³-hybridized carbons (Fsp3) is 1.00. The van der Waals surface area contributed by atoms with Crippen LogP contribution in [0.4, 0.5) is 0 Å². The van der Waals surface area contributed by atoms with Crippen LogP contribution in [0.3, 0.4) is 0 Å². The van der Waals surface area contributed by atoms with E-state index >= 15 is 0 Å². The van der Waals surface area contributed by atoms with Gasteiger partial charge >= 0.3 is 0 Å². The SMILES string of the molecule is NCCCN1CCCC[C@@H]1CO. The molecular weight excluding hydrogens is 152 g/mol. The van der Waals surface area contributed by atoms with E-state index in [-0.39, 0.29) is 0 Å². The summed E-state index contributed by atoms with van der Waals surface area (Å²) in [5, 5.41) is 9.09. The summed E-state index contributed by atoms with van der Waals surface area (Å²) < 4.78 is 0. The Morgan fingerprint density at radius 2 is 2.25 bits per heavy atom. The minimum Gasteiger partial charge on any atom is -0.395 e. The normalized spacial score (nSPS) is 26.0. The van der Waals surface area contributed by atoms with E-state index in [1.54, 1.807) is 0 Å². The second-order valence-corrected chi connectivity index (χ2v) is 3.51. The highest BCUT2D eigenvalue weighted by atomic mass is 16.3. The fourth-order valence-corrected chi connectivity index (χ4v) is 1.86. The van der Waals surface area contributed by atoms with E-state index in [0.717, 1.165) is 32.5 Å². The summed E-state index contributed by atoms with van der Waals surface area (Å²) in [4.78, 5) is 2.37. The van der Waals surface area contributed by atoms with Crippen molar-refractivity contribution in [2.75, 3.05) is 26.2 Å². The molecule has 1 heterocycles. The van der Waals surface area contributed by atoms with Gasteiger partial charge in [0.15, 0.2) is 0 Å². The number of nitrogens with zero attached hydrogens (tertiary/aromatic N) is 1. The van der Waals surface area contributed by atoms with Crippen LogP contribution in [0.25, 0.3) is 0 Å². The molecule has 0 aliphatic carbocycles. The molecule has 3 N–H and O–H groups in total. The molecule has 3 nitrogen and oxygen atoms in total. The third-order valence-corrected chi connectivity index (χ3v) is 2.61. The molecule has 1 saturated heterocycles. The fourth-order valence-electron chi connectivity index (χ4n) is 1.86. The molecule has 72 valence electrons. The first-order chi connectivity index (χ1) is 5.88. The van der Waals surface area contributed by atoms with E-state index in [9.17, 15) is 0 Å². The zero-order valence-electron chi connectivity index (χ0n) is 7.71. The van der Waals surface area contributed by atoms with Gasteiger partial charge in [-0.25, -0.2) is 0 Å². The molecule has 12 heavy (non-hydrogen) atoms. The predicted molar refractivity (Wildman–Crippen MR) is 50.0 cm³/mol. The van der Waals surface area contributed by atoms with Crippen LogP contribution in [-0.4, -0.2) is 42.3 Å². The first-order valence-electron chi connectivity index (χ1n) is 4.93. The molecule has 0 aromatic rings. The van der Waals surface area contributed by atoms with Crippen molar-refractivity contribution in [3.63, 3.8) is 0 Å². The summed E-state index contributed by atoms with van der Waals surface area (Å²) in [7, 11) is 0. The first kappa shape index (κ1) is 9.96. The van der Waals surface area contributed by atoms with Crippen LogP contribution in [0.5, 0.6) is 0 Å². The Morgan fingerprint density at radius 1 is 1.42 bits per heavy atom. The van der Waals surface area contributed by atoms with Crippen molar-refractivity contribution in [3.05, 3.63) is 0 Å². The third-order valence-electron chi connectivity index (χ3n) is 2.61. The minimum absolute atomic E-state index is 0.310. The van der Waals surface area contributed by atoms with Crippen LogP contribution in [-0.2, 0) is 0 Å². The van der Waals surface area contributed by atoms with Gasteiger partial charge in [0, 0.05) is 6.04 Å². The summed E-state index contributed by atoms with van der Waals surface area (Å²) in [6.45, 7) is 3.27. The Morgan fingerprint density at radius 3 is 2.92 bits per heavy atom. The molecule has 0 amide bonds. The molecule has 1 atom stereocenters. The summed E-state index contributed by atoms with van der Waals surface area (Å²) in [5.74, 6) is 0. The van der Waals surface area contributed by atoms with Gasteiger partial charge in [-0.05, 0) is 38.9 Å². The molecular formula is C9H20N2O. The Kier molecular flexibility index (Phi) is 4.58. The van der Waals surface area contributed by atoms with Crippen molar-refractivity contribution in [2.24, 2.45) is 5.73 Å². The second kappa shape index (κ2) is 5.51. The molecule has 0 spiro atoms. The molecule has 1 rings (SSSR count). The van der Waals surface area contributed by atoms with Crippen LogP contribution in [0.1, 0.15) is 25.7 Å². The lowest BCUT2D eigenvalue weighted by Crippen LogP contribution is -2.42. The molecule has 0 radical (unpaired) electrons. The highest BCUT2D eigenvalue weighted by Crippen LogP contribution is 2.16. The van der Waals surface area contributed by atoms with E-state index in [0.29, 0.717) is 12.6 Å². The van der Waals surface area contributed by atoms with Crippen molar-refractivity contribution in [2.45, 2.75) is 31.7 Å². The highest BCUT2D eigenvalue weighted by Gasteiger charge is 2.20. The van der Waals surface area contributed by atoms with Crippen molar-refractivity contribution in [3.8, 4) is 0 Å². The highest BCUT2D eigenvalue weighted by molar-refractivity contribution is 4.75. The molecule has 0 aromatic carbocycles. The Labute approximate surface area is 74.5 Å². The lowest BCUT2D eigenvalue weighted by molar-refractivity contribution is 0.0898. The number of hydrogen-bond acceptors (Lipinski definition) is 3. The summed E-state index contributed by atoms with van der Waals surface area (Å²) in [6, 6.07) is 0.408. The smallest absolute Gasteiger partial charge is 0.0586 e. The van der Waals surface area contributed by atoms with Crippen LogP contribution >= 0.6 is 0 Å². The van der Waals surface area contributed by atoms with Gasteiger partial charge in [0.05, 0.1) is 6.61 Å². The Bertz CT molecular complexity index is 119. The lowest BCUT2D eigenvalue weighted by Gasteiger charge is -2.34. The molecule has 0 bridgehead atoms. The molecule has 0 aromatic heterocycles. The zero-order chi connectivity index (χ0) is 8.81. The van der Waals surface area contributed by atoms with E-state index in [4.69, 9.17) is 10.8 Å². The van der Waals surface area contributed by atoms with Crippen LogP contribution < -0.4 is 5.73 Å². The van der Waals surface area contributed by atoms with Crippen molar-refractivity contribution in [1.82, 2.24) is 4.90 Å². The Hall–Kier alpha value is -0.120. The topological polar surface area (TPSA) is 49.5 Å². The maximum absolute atomic E-state index is 9.09. The number of rotatable bonds is 4. The lowest BCUT2D eigenvalue weighted by atomic mass is 10.0. The van der Waals surface area contributed by atoms with Gasteiger partial charge in [-0.2, -0.15) is 0 Å². The van der Waals surface area contributed by atoms with E-state index in [1.165, 1.54) is 12.8 Å². The van der Waals surface area contributed by atoms with Gasteiger partial charge < -0.3 is 10.8 Å². The van der Waals surface area contributed by atoms with Gasteiger partial charge in [-0.3, -0.25) is 4.90 Å². The zero-order valence-corrected chi connectivity index (χ0v) is 7.71. The summed E-state index contributed by atoms with van der Waals surface area (Å²) in [6.07, 6.45) is 4.75. The quantitative estimate of drug-likeness (QED) is 0.636. The molecule has 3 heteroatoms. The van der Waals surface area contributed by atoms with Gasteiger partial charge in [-0.15, -0.1) is 0 Å². The van der Waals surface area contributed by atoms with E-state index < -0.39 is 0 Å². The van der Waals surface area contributed by atoms with Gasteiger partial charge in [-0.1, -0.05) is 6.42 Å². The van der Waals surface area contributed by atoms with Crippen LogP contribution in [0.15, 0.2) is 0 Å². The van der Waals surface area contributed by atoms with Crippen LogP contribution in [0, 0.1) is 0 Å². The van der Waals surface area contributed by atoms with Crippen molar-refractivity contribution >= 4 is 0 Å². The van der Waals surface area contributed by atoms with Crippen LogP contribution in [0.2, 0.25) is 0 Å². The van der Waals surface area contributed by atoms with Gasteiger partial charge in [0.2, 0.25) is 0 Å². The Balaban J connectivity index is 2.26. The second-order valence-electron chi connectivity index (χ2n) is 3.51. The number of nitrogens with two attached hydrogens (primary N) is 1. The molecule has 0 unspecified atom stereocenters. The monoisotopic (exact) mass is 172 g/mol. The molecule has 1 fully saturated rings. The number of piperidine rings is 1. The maximum Gasteiger partial charge on any atom is 0.0586 e. The van der Waals surface area contributed by atoms with Gasteiger partial charge in [0.25, 0.3) is 0 Å². The minimum atomic E-state index is 0.310. The number of likely N-dealkylation sites (tertiary alicyclic amines) is 1. The van der Waals surface area contributed by atoms with E-state index in [2.05, 4.69) is 4.90 Å². The van der Waals surface area contributed by atoms with Crippen molar-refractivity contribution in [1.29, 1.82) is 0 Å². The average molecular weight is 172 g/mol. The molecule has 1 aliphatic rings. The summed E-state index contributed by atoms with van der Waals surface area (Å²) in [5.41, 5.74) is 5.44. The number of hydrogen-bond donors (Lipinski definition) is 2. The number of aliphatic hydroxyl groups excluding tert-OH is 1. The van der Waals surface area contributed by atoms with E-state index in [1.807, 2.05) is 0 Å². The number of aliphatic hydroxyl groups is 1. The van der Waals surface area contributed by atoms with Crippen molar-refractivity contribution < 1.29 is 5.11 Å². The molecule has 1 aliphatic heterocycles. The molecule has 0 saturated carbocycles. The maximum atomic E-state index is 9.09.